The van der Waals surface area contributed by atoms with Gasteiger partial charge in [0.25, 0.3) is 11.8 Å². The lowest BCUT2D eigenvalue weighted by Crippen LogP contribution is -2.47. The Kier molecular flexibility index (Phi) is 6.21. The van der Waals surface area contributed by atoms with E-state index in [0.717, 1.165) is 24.4 Å². The minimum absolute atomic E-state index is 0.193. The van der Waals surface area contributed by atoms with Crippen LogP contribution in [-0.2, 0) is 9.59 Å². The molecule has 2 amide bonds. The first-order chi connectivity index (χ1) is 15.5. The smallest absolute Gasteiger partial charge is 0.277 e. The van der Waals surface area contributed by atoms with Gasteiger partial charge in [0, 0.05) is 38.4 Å². The van der Waals surface area contributed by atoms with Crippen molar-refractivity contribution in [2.75, 3.05) is 44.2 Å². The minimum atomic E-state index is -0.214. The molecule has 168 valence electrons. The molecule has 0 radical (unpaired) electrons. The quantitative estimate of drug-likeness (QED) is 0.652. The number of imide groups is 1. The Hall–Kier alpha value is -3.28. The molecule has 0 atom stereocenters. The van der Waals surface area contributed by atoms with Crippen LogP contribution in [0.1, 0.15) is 30.5 Å². The van der Waals surface area contributed by atoms with E-state index >= 15 is 0 Å². The number of carbonyl (C=O) groups is 2. The number of likely N-dealkylation sites (N-methyl/N-ethyl adjacent to an activating group) is 1. The molecule has 4 rings (SSSR count). The molecule has 6 heteroatoms. The second-order valence-corrected chi connectivity index (χ2v) is 8.23. The Morgan fingerprint density at radius 1 is 0.844 bits per heavy atom. The van der Waals surface area contributed by atoms with Crippen molar-refractivity contribution in [3.8, 4) is 5.75 Å². The molecule has 0 unspecified atom stereocenters. The molecular formula is C26H31N3O3. The van der Waals surface area contributed by atoms with Crippen molar-refractivity contribution in [1.82, 2.24) is 9.80 Å². The maximum atomic E-state index is 13.2. The standard InChI is InChI=1S/C26H31N3O3/c1-5-29-25(30)23(20-10-12-21(13-11-20)32-6-2)24(26(29)31)28-16-14-27(15-17-28)22-9-7-8-18(3)19(22)4/h7-13H,5-6,14-17H2,1-4H3. The molecule has 0 spiro atoms. The Labute approximate surface area is 190 Å². The highest BCUT2D eigenvalue weighted by Gasteiger charge is 2.41. The van der Waals surface area contributed by atoms with Crippen LogP contribution in [0.5, 0.6) is 5.75 Å². The van der Waals surface area contributed by atoms with Crippen LogP contribution in [0.4, 0.5) is 5.69 Å². The van der Waals surface area contributed by atoms with Crippen molar-refractivity contribution in [3.05, 3.63) is 64.9 Å². The lowest BCUT2D eigenvalue weighted by molar-refractivity contribution is -0.137. The van der Waals surface area contributed by atoms with E-state index in [4.69, 9.17) is 4.74 Å². The Morgan fingerprint density at radius 2 is 1.50 bits per heavy atom. The summed E-state index contributed by atoms with van der Waals surface area (Å²) in [5, 5.41) is 0. The number of rotatable bonds is 6. The van der Waals surface area contributed by atoms with Crippen LogP contribution < -0.4 is 9.64 Å². The van der Waals surface area contributed by atoms with E-state index < -0.39 is 0 Å². The topological polar surface area (TPSA) is 53.1 Å². The summed E-state index contributed by atoms with van der Waals surface area (Å²) in [7, 11) is 0. The third-order valence-electron chi connectivity index (χ3n) is 6.43. The van der Waals surface area contributed by atoms with E-state index in [0.29, 0.717) is 37.5 Å². The first kappa shape index (κ1) is 21.9. The Balaban J connectivity index is 1.62. The van der Waals surface area contributed by atoms with Crippen molar-refractivity contribution in [2.24, 2.45) is 0 Å². The number of hydrogen-bond acceptors (Lipinski definition) is 5. The molecule has 0 aromatic heterocycles. The average Bonchev–Trinajstić information content (AvgIpc) is 3.06. The molecule has 1 fully saturated rings. The Morgan fingerprint density at radius 3 is 2.12 bits per heavy atom. The summed E-state index contributed by atoms with van der Waals surface area (Å²) >= 11 is 0. The van der Waals surface area contributed by atoms with E-state index in [9.17, 15) is 9.59 Å². The highest BCUT2D eigenvalue weighted by molar-refractivity contribution is 6.35. The Bertz CT molecular complexity index is 1050. The van der Waals surface area contributed by atoms with Crippen LogP contribution in [0.15, 0.2) is 48.2 Å². The summed E-state index contributed by atoms with van der Waals surface area (Å²) in [5.74, 6) is 0.347. The second-order valence-electron chi connectivity index (χ2n) is 8.23. The summed E-state index contributed by atoms with van der Waals surface area (Å²) in [4.78, 5) is 32.2. The van der Waals surface area contributed by atoms with E-state index in [2.05, 4.69) is 41.8 Å². The number of piperazine rings is 1. The van der Waals surface area contributed by atoms with E-state index in [1.54, 1.807) is 0 Å². The molecule has 2 heterocycles. The zero-order valence-corrected chi connectivity index (χ0v) is 19.4. The number of hydrogen-bond donors (Lipinski definition) is 0. The highest BCUT2D eigenvalue weighted by atomic mass is 16.5. The van der Waals surface area contributed by atoms with Crippen molar-refractivity contribution in [1.29, 1.82) is 0 Å². The molecule has 0 N–H and O–H groups in total. The van der Waals surface area contributed by atoms with Crippen LogP contribution in [0.2, 0.25) is 0 Å². The molecule has 32 heavy (non-hydrogen) atoms. The van der Waals surface area contributed by atoms with E-state index in [1.807, 2.05) is 38.1 Å². The highest BCUT2D eigenvalue weighted by Crippen LogP contribution is 2.33. The van der Waals surface area contributed by atoms with E-state index in [1.165, 1.54) is 21.7 Å². The van der Waals surface area contributed by atoms with Gasteiger partial charge < -0.3 is 14.5 Å². The maximum absolute atomic E-state index is 13.2. The number of ether oxygens (including phenoxy) is 1. The van der Waals surface area contributed by atoms with Crippen LogP contribution >= 0.6 is 0 Å². The molecule has 0 bridgehead atoms. The van der Waals surface area contributed by atoms with Gasteiger partial charge in [-0.3, -0.25) is 14.5 Å². The third kappa shape index (κ3) is 3.85. The number of amides is 2. The van der Waals surface area contributed by atoms with Crippen molar-refractivity contribution in [2.45, 2.75) is 27.7 Å². The molecule has 0 saturated carbocycles. The SMILES string of the molecule is CCOc1ccc(C2=C(N3CCN(c4cccc(C)c4C)CC3)C(=O)N(CC)C2=O)cc1. The van der Waals surface area contributed by atoms with Crippen molar-refractivity contribution < 1.29 is 14.3 Å². The summed E-state index contributed by atoms with van der Waals surface area (Å²) < 4.78 is 5.53. The van der Waals surface area contributed by atoms with Gasteiger partial charge in [0.2, 0.25) is 0 Å². The molecule has 2 aliphatic rings. The lowest BCUT2D eigenvalue weighted by atomic mass is 10.0. The zero-order valence-electron chi connectivity index (χ0n) is 19.4. The van der Waals surface area contributed by atoms with Crippen LogP contribution in [0, 0.1) is 13.8 Å². The van der Waals surface area contributed by atoms with Crippen LogP contribution in [-0.4, -0.2) is 60.9 Å². The van der Waals surface area contributed by atoms with Gasteiger partial charge in [-0.2, -0.15) is 0 Å². The van der Waals surface area contributed by atoms with Gasteiger partial charge in [-0.05, 0) is 62.6 Å². The number of nitrogens with zero attached hydrogens (tertiary/aromatic N) is 3. The van der Waals surface area contributed by atoms with Gasteiger partial charge in [-0.15, -0.1) is 0 Å². The summed E-state index contributed by atoms with van der Waals surface area (Å²) in [6, 6.07) is 13.8. The van der Waals surface area contributed by atoms with Gasteiger partial charge in [-0.1, -0.05) is 24.3 Å². The van der Waals surface area contributed by atoms with Crippen molar-refractivity contribution in [3.63, 3.8) is 0 Å². The second kappa shape index (κ2) is 9.07. The van der Waals surface area contributed by atoms with Crippen molar-refractivity contribution >= 4 is 23.1 Å². The van der Waals surface area contributed by atoms with Gasteiger partial charge in [-0.25, -0.2) is 0 Å². The summed E-state index contributed by atoms with van der Waals surface area (Å²) in [6.45, 7) is 12.0. The molecular weight excluding hydrogens is 402 g/mol. The average molecular weight is 434 g/mol. The molecule has 1 saturated heterocycles. The number of benzene rings is 2. The van der Waals surface area contributed by atoms with Gasteiger partial charge in [0.1, 0.15) is 11.4 Å². The molecule has 6 nitrogen and oxygen atoms in total. The van der Waals surface area contributed by atoms with E-state index in [-0.39, 0.29) is 11.8 Å². The summed E-state index contributed by atoms with van der Waals surface area (Å²) in [5.41, 5.74) is 5.60. The fraction of sp³-hybridized carbons (Fsp3) is 0.385. The predicted octanol–water partition coefficient (Wildman–Crippen LogP) is 3.62. The van der Waals surface area contributed by atoms with Gasteiger partial charge in [0.05, 0.1) is 12.2 Å². The van der Waals surface area contributed by atoms with Crippen LogP contribution in [0.25, 0.3) is 5.57 Å². The molecule has 2 aliphatic heterocycles. The van der Waals surface area contributed by atoms with Crippen LogP contribution in [0.3, 0.4) is 0 Å². The van der Waals surface area contributed by atoms with Gasteiger partial charge >= 0.3 is 0 Å². The normalized spacial score (nSPS) is 16.9. The summed E-state index contributed by atoms with van der Waals surface area (Å²) in [6.07, 6.45) is 0. The fourth-order valence-electron chi connectivity index (χ4n) is 4.54. The minimum Gasteiger partial charge on any atom is -0.494 e. The maximum Gasteiger partial charge on any atom is 0.277 e. The predicted molar refractivity (Wildman–Crippen MR) is 127 cm³/mol. The largest absolute Gasteiger partial charge is 0.494 e. The van der Waals surface area contributed by atoms with Gasteiger partial charge in [0.15, 0.2) is 0 Å². The first-order valence-electron chi connectivity index (χ1n) is 11.4. The first-order valence-corrected chi connectivity index (χ1v) is 11.4. The third-order valence-corrected chi connectivity index (χ3v) is 6.43. The zero-order chi connectivity index (χ0) is 22.8. The monoisotopic (exact) mass is 433 g/mol. The number of anilines is 1. The lowest BCUT2D eigenvalue weighted by Gasteiger charge is -2.38. The molecule has 2 aromatic carbocycles. The molecule has 0 aliphatic carbocycles. The fourth-order valence-corrected chi connectivity index (χ4v) is 4.54. The number of carbonyl (C=O) groups excluding carboxylic acids is 2. The number of aryl methyl sites for hydroxylation is 1. The molecule has 2 aromatic rings.